The molecule has 11 nitrogen and oxygen atoms in total. The van der Waals surface area contributed by atoms with Crippen molar-refractivity contribution in [2.45, 2.75) is 108 Å². The topological polar surface area (TPSA) is 202 Å². The normalized spacial score (nSPS) is 13.9. The van der Waals surface area contributed by atoms with Crippen LogP contribution in [0.25, 0.3) is 0 Å². The van der Waals surface area contributed by atoms with Crippen molar-refractivity contribution in [1.82, 2.24) is 5.32 Å². The number of carboxylic acids is 3. The second-order valence-corrected chi connectivity index (χ2v) is 10.8. The van der Waals surface area contributed by atoms with Crippen molar-refractivity contribution in [3.63, 3.8) is 0 Å². The van der Waals surface area contributed by atoms with Crippen molar-refractivity contribution in [2.24, 2.45) is 5.92 Å². The maximum absolute atomic E-state index is 13.2. The molecule has 0 saturated heterocycles. The van der Waals surface area contributed by atoms with Gasteiger partial charge in [-0.15, -0.1) is 0 Å². The molecule has 1 amide bonds. The lowest BCUT2D eigenvalue weighted by molar-refractivity contribution is -0.172. The lowest BCUT2D eigenvalue weighted by atomic mass is 9.82. The molecule has 43 heavy (non-hydrogen) atoms. The third kappa shape index (κ3) is 14.1. The Hall–Kier alpha value is -4.04. The van der Waals surface area contributed by atoms with Crippen molar-refractivity contribution < 1.29 is 44.4 Å². The van der Waals surface area contributed by atoms with Gasteiger partial charge in [-0.05, 0) is 43.4 Å². The molecular formula is C32H44N2O9. The maximum atomic E-state index is 13.2. The van der Waals surface area contributed by atoms with Crippen LogP contribution in [0.3, 0.4) is 0 Å². The van der Waals surface area contributed by atoms with Crippen molar-refractivity contribution >= 4 is 29.6 Å². The summed E-state index contributed by atoms with van der Waals surface area (Å²) >= 11 is 0. The van der Waals surface area contributed by atoms with E-state index in [9.17, 15) is 44.4 Å². The van der Waals surface area contributed by atoms with E-state index < -0.39 is 47.8 Å². The molecule has 11 heteroatoms. The second-order valence-electron chi connectivity index (χ2n) is 10.8. The van der Waals surface area contributed by atoms with E-state index in [1.165, 1.54) is 36.8 Å². The molecule has 0 heterocycles. The van der Waals surface area contributed by atoms with Gasteiger partial charge in [-0.1, -0.05) is 69.7 Å². The molecule has 1 aromatic carbocycles. The molecule has 0 radical (unpaired) electrons. The average Bonchev–Trinajstić information content (AvgIpc) is 2.95. The zero-order valence-corrected chi connectivity index (χ0v) is 24.8. The van der Waals surface area contributed by atoms with Crippen molar-refractivity contribution in [3.8, 4) is 6.07 Å². The first-order valence-electron chi connectivity index (χ1n) is 14.8. The van der Waals surface area contributed by atoms with Gasteiger partial charge in [0.05, 0.1) is 24.0 Å². The number of unbranched alkanes of at least 4 members (excludes halogenated alkanes) is 8. The Bertz CT molecular complexity index is 1140. The molecule has 1 rings (SSSR count). The van der Waals surface area contributed by atoms with Gasteiger partial charge in [0.15, 0.2) is 5.60 Å². The van der Waals surface area contributed by atoms with Crippen LogP contribution in [0.5, 0.6) is 0 Å². The lowest BCUT2D eigenvalue weighted by Gasteiger charge is -2.29. The number of aliphatic carboxylic acids is 3. The van der Waals surface area contributed by atoms with Gasteiger partial charge in [0.1, 0.15) is 11.8 Å². The van der Waals surface area contributed by atoms with Crippen LogP contribution in [-0.4, -0.2) is 61.7 Å². The summed E-state index contributed by atoms with van der Waals surface area (Å²) in [4.78, 5) is 60.4. The Morgan fingerprint density at radius 2 is 1.49 bits per heavy atom. The van der Waals surface area contributed by atoms with E-state index in [1.807, 2.05) is 6.07 Å². The molecule has 3 atom stereocenters. The van der Waals surface area contributed by atoms with Crippen molar-refractivity contribution in [2.75, 3.05) is 0 Å². The van der Waals surface area contributed by atoms with Gasteiger partial charge < -0.3 is 25.7 Å². The number of carboxylic acid groups (broad SMARTS) is 3. The smallest absolute Gasteiger partial charge is 0.337 e. The van der Waals surface area contributed by atoms with E-state index in [-0.39, 0.29) is 12.2 Å². The van der Waals surface area contributed by atoms with Crippen LogP contribution in [0.2, 0.25) is 0 Å². The number of amides is 1. The van der Waals surface area contributed by atoms with Crippen molar-refractivity contribution in [3.05, 3.63) is 47.5 Å². The molecule has 1 aromatic rings. The first-order chi connectivity index (χ1) is 20.4. The first-order valence-corrected chi connectivity index (χ1v) is 14.8. The number of carbonyl (C=O) groups is 5. The average molecular weight is 601 g/mol. The van der Waals surface area contributed by atoms with Gasteiger partial charge in [0.25, 0.3) is 0 Å². The van der Waals surface area contributed by atoms with Gasteiger partial charge in [-0.2, -0.15) is 5.26 Å². The summed E-state index contributed by atoms with van der Waals surface area (Å²) in [6.45, 7) is 2.14. The summed E-state index contributed by atoms with van der Waals surface area (Å²) in [6, 6.07) is 6.40. The first kappa shape index (κ1) is 37.0. The summed E-state index contributed by atoms with van der Waals surface area (Å²) in [5.41, 5.74) is -2.20. The predicted molar refractivity (Wildman–Crippen MR) is 158 cm³/mol. The van der Waals surface area contributed by atoms with Crippen LogP contribution in [0.4, 0.5) is 0 Å². The molecule has 0 fully saturated rings. The highest BCUT2D eigenvalue weighted by molar-refractivity contribution is 5.94. The Kier molecular flexibility index (Phi) is 17.2. The quantitative estimate of drug-likeness (QED) is 0.0884. The number of carbonyl (C=O) groups excluding carboxylic acids is 2. The molecule has 0 spiro atoms. The highest BCUT2D eigenvalue weighted by Gasteiger charge is 2.49. The zero-order valence-electron chi connectivity index (χ0n) is 24.8. The van der Waals surface area contributed by atoms with Crippen LogP contribution >= 0.6 is 0 Å². The van der Waals surface area contributed by atoms with Crippen LogP contribution < -0.4 is 5.32 Å². The summed E-state index contributed by atoms with van der Waals surface area (Å²) < 4.78 is 0. The number of ketones is 1. The third-order valence-electron chi connectivity index (χ3n) is 7.19. The number of nitrogens with one attached hydrogen (secondary N) is 1. The minimum Gasteiger partial charge on any atom is -0.481 e. The zero-order chi connectivity index (χ0) is 32.3. The number of allylic oxidation sites excluding steroid dienone is 1. The summed E-state index contributed by atoms with van der Waals surface area (Å²) in [6.07, 6.45) is 11.1. The van der Waals surface area contributed by atoms with Gasteiger partial charge in [0, 0.05) is 19.3 Å². The number of rotatable bonds is 23. The fourth-order valence-electron chi connectivity index (χ4n) is 4.65. The number of hydrogen-bond donors (Lipinski definition) is 5. The number of benzene rings is 1. The Morgan fingerprint density at radius 3 is 2.00 bits per heavy atom. The second kappa shape index (κ2) is 20.0. The largest absolute Gasteiger partial charge is 0.481 e. The SMILES string of the molecule is CCCCCCCC(=O)CCCCCCC=C[C@H](C(=O)NC(Cc1ccc(C#N)cc1)C(=O)O)[C@@](O)(CC(=O)O)C(=O)O. The maximum Gasteiger partial charge on any atom is 0.337 e. The molecule has 0 aliphatic carbocycles. The van der Waals surface area contributed by atoms with Crippen LogP contribution in [-0.2, 0) is 30.4 Å². The molecular weight excluding hydrogens is 556 g/mol. The van der Waals surface area contributed by atoms with E-state index in [0.29, 0.717) is 36.8 Å². The number of nitrogens with zero attached hydrogens (tertiary/aromatic N) is 1. The number of hydrogen-bond acceptors (Lipinski definition) is 7. The molecule has 0 saturated carbocycles. The Balaban J connectivity index is 2.80. The summed E-state index contributed by atoms with van der Waals surface area (Å²) in [7, 11) is 0. The number of nitriles is 1. The fraction of sp³-hybridized carbons (Fsp3) is 0.562. The highest BCUT2D eigenvalue weighted by Crippen LogP contribution is 2.26. The number of aliphatic hydroxyl groups is 1. The van der Waals surface area contributed by atoms with E-state index in [4.69, 9.17) is 5.26 Å². The highest BCUT2D eigenvalue weighted by atomic mass is 16.4. The summed E-state index contributed by atoms with van der Waals surface area (Å²) in [5, 5.41) is 50.5. The van der Waals surface area contributed by atoms with Crippen molar-refractivity contribution in [1.29, 1.82) is 5.26 Å². The predicted octanol–water partition coefficient (Wildman–Crippen LogP) is 4.40. The monoisotopic (exact) mass is 600 g/mol. The van der Waals surface area contributed by atoms with E-state index >= 15 is 0 Å². The van der Waals surface area contributed by atoms with Gasteiger partial charge in [0.2, 0.25) is 5.91 Å². The van der Waals surface area contributed by atoms with E-state index in [2.05, 4.69) is 12.2 Å². The van der Waals surface area contributed by atoms with Gasteiger partial charge in [-0.3, -0.25) is 14.4 Å². The Morgan fingerprint density at radius 1 is 0.907 bits per heavy atom. The third-order valence-corrected chi connectivity index (χ3v) is 7.19. The molecule has 0 bridgehead atoms. The van der Waals surface area contributed by atoms with Gasteiger partial charge in [-0.25, -0.2) is 9.59 Å². The molecule has 0 aromatic heterocycles. The minimum absolute atomic E-state index is 0.199. The standard InChI is InChI=1S/C32H44N2O9/c1-2-3-4-7-10-13-25(35)14-11-8-5-6-9-12-15-26(32(43,31(41)42)21-28(36)37)29(38)34-27(30(39)40)20-23-16-18-24(22-33)19-17-23/h12,15-19,26-27,43H,2-11,13-14,20-21H2,1H3,(H,34,38)(H,36,37)(H,39,40)(H,41,42)/t26-,27?,32+/m1/s1. The lowest BCUT2D eigenvalue weighted by Crippen LogP contribution is -2.55. The molecule has 0 aliphatic rings. The number of Topliss-reactive ketones (excluding diaryl/α,β-unsaturated/α-hetero) is 1. The summed E-state index contributed by atoms with van der Waals surface area (Å²) in [5.74, 6) is -7.80. The van der Waals surface area contributed by atoms with Crippen LogP contribution in [0, 0.1) is 17.2 Å². The van der Waals surface area contributed by atoms with E-state index in [1.54, 1.807) is 0 Å². The molecule has 1 unspecified atom stereocenters. The molecule has 236 valence electrons. The Labute approximate surface area is 252 Å². The molecule has 5 N–H and O–H groups in total. The van der Waals surface area contributed by atoms with Crippen LogP contribution in [0.1, 0.15) is 102 Å². The minimum atomic E-state index is -3.03. The van der Waals surface area contributed by atoms with Crippen LogP contribution in [0.15, 0.2) is 36.4 Å². The molecule has 0 aliphatic heterocycles. The van der Waals surface area contributed by atoms with E-state index in [0.717, 1.165) is 51.0 Å². The fourth-order valence-corrected chi connectivity index (χ4v) is 4.65. The van der Waals surface area contributed by atoms with Gasteiger partial charge >= 0.3 is 17.9 Å².